The van der Waals surface area contributed by atoms with E-state index in [2.05, 4.69) is 5.32 Å². The van der Waals surface area contributed by atoms with Crippen LogP contribution in [-0.2, 0) is 35.6 Å². The number of nitrogens with zero attached hydrogens (tertiary/aromatic N) is 1. The minimum Gasteiger partial charge on any atom is -0.380 e. The minimum absolute atomic E-state index is 0.194. The van der Waals surface area contributed by atoms with Crippen LogP contribution in [0.1, 0.15) is 27.1 Å². The van der Waals surface area contributed by atoms with Crippen molar-refractivity contribution in [3.63, 3.8) is 0 Å². The van der Waals surface area contributed by atoms with Crippen LogP contribution in [0.5, 0.6) is 0 Å². The lowest BCUT2D eigenvalue weighted by atomic mass is 10.1. The van der Waals surface area contributed by atoms with E-state index in [9.17, 15) is 19.8 Å². The molecule has 32 heavy (non-hydrogen) atoms. The lowest BCUT2D eigenvalue weighted by molar-refractivity contribution is -0.153. The maximum Gasteiger partial charge on any atom is 0.255 e. The number of halogens is 1. The molecule has 2 heterocycles. The fraction of sp³-hybridized carbons (Fsp3) is 0.250. The number of fused-ring (bicyclic) bond motifs is 1. The molecule has 0 unspecified atom stereocenters. The van der Waals surface area contributed by atoms with Gasteiger partial charge in [-0.25, -0.2) is 0 Å². The molecule has 2 amide bonds. The van der Waals surface area contributed by atoms with E-state index in [1.165, 1.54) is 16.2 Å². The Hall–Kier alpha value is -2.71. The average molecular weight is 471 g/mol. The third kappa shape index (κ3) is 5.02. The molecule has 0 spiro atoms. The van der Waals surface area contributed by atoms with Crippen molar-refractivity contribution in [2.75, 3.05) is 0 Å². The van der Waals surface area contributed by atoms with E-state index in [0.717, 1.165) is 27.1 Å². The predicted molar refractivity (Wildman–Crippen MR) is 123 cm³/mol. The standard InChI is InChI=1S/C24H23ClN2O4S/c25-20-8-4-3-5-16(20)9-15-10-19(32-14-15)11-26-23(30)21(28)22(29)24(31)27-12-17-6-1-2-7-18(17)13-27/h1-8,10,14,21-22,28-29H,9,11-13H2,(H,26,30)/t21-,22-/m1/s1. The predicted octanol–water partition coefficient (Wildman–Crippen LogP) is 2.87. The van der Waals surface area contributed by atoms with Gasteiger partial charge in [-0.1, -0.05) is 54.1 Å². The monoisotopic (exact) mass is 470 g/mol. The maximum atomic E-state index is 12.6. The van der Waals surface area contributed by atoms with Crippen LogP contribution in [0.4, 0.5) is 0 Å². The molecular weight excluding hydrogens is 448 g/mol. The van der Waals surface area contributed by atoms with Crippen molar-refractivity contribution in [3.05, 3.63) is 92.1 Å². The summed E-state index contributed by atoms with van der Waals surface area (Å²) in [5.74, 6) is -1.45. The smallest absolute Gasteiger partial charge is 0.255 e. The molecule has 0 aliphatic carbocycles. The lowest BCUT2D eigenvalue weighted by Gasteiger charge is -2.22. The number of benzene rings is 2. The Morgan fingerprint density at radius 3 is 2.38 bits per heavy atom. The van der Waals surface area contributed by atoms with Crippen molar-refractivity contribution >= 4 is 34.8 Å². The van der Waals surface area contributed by atoms with Crippen molar-refractivity contribution in [1.29, 1.82) is 0 Å². The number of aliphatic hydroxyl groups excluding tert-OH is 2. The van der Waals surface area contributed by atoms with Crippen LogP contribution in [-0.4, -0.2) is 39.1 Å². The van der Waals surface area contributed by atoms with Gasteiger partial charge in [-0.3, -0.25) is 9.59 Å². The van der Waals surface area contributed by atoms with E-state index < -0.39 is 24.0 Å². The minimum atomic E-state index is -1.84. The maximum absolute atomic E-state index is 12.6. The number of hydrogen-bond donors (Lipinski definition) is 3. The highest BCUT2D eigenvalue weighted by molar-refractivity contribution is 7.10. The number of rotatable bonds is 7. The van der Waals surface area contributed by atoms with E-state index in [1.54, 1.807) is 0 Å². The molecule has 6 nitrogen and oxygen atoms in total. The fourth-order valence-electron chi connectivity index (χ4n) is 3.71. The molecule has 1 aliphatic heterocycles. The average Bonchev–Trinajstić information content (AvgIpc) is 3.44. The Kier molecular flexibility index (Phi) is 6.91. The molecule has 8 heteroatoms. The van der Waals surface area contributed by atoms with Gasteiger partial charge in [-0.2, -0.15) is 0 Å². The molecule has 2 atom stereocenters. The second-order valence-electron chi connectivity index (χ2n) is 7.76. The zero-order chi connectivity index (χ0) is 22.7. The zero-order valence-corrected chi connectivity index (χ0v) is 18.8. The van der Waals surface area contributed by atoms with Crippen molar-refractivity contribution in [3.8, 4) is 0 Å². The van der Waals surface area contributed by atoms with Gasteiger partial charge in [-0.05, 0) is 46.2 Å². The molecule has 3 N–H and O–H groups in total. The SMILES string of the molecule is O=C(NCc1cc(Cc2ccccc2Cl)cs1)[C@H](O)[C@@H](O)C(=O)N1Cc2ccccc2C1. The summed E-state index contributed by atoms with van der Waals surface area (Å²) in [5, 5.41) is 25.8. The van der Waals surface area contributed by atoms with Gasteiger partial charge in [0, 0.05) is 23.0 Å². The number of amides is 2. The van der Waals surface area contributed by atoms with Gasteiger partial charge < -0.3 is 20.4 Å². The van der Waals surface area contributed by atoms with E-state index in [-0.39, 0.29) is 6.54 Å². The highest BCUT2D eigenvalue weighted by atomic mass is 35.5. The molecular formula is C24H23ClN2O4S. The first-order valence-corrected chi connectivity index (χ1v) is 11.5. The Balaban J connectivity index is 1.29. The number of thiophene rings is 1. The zero-order valence-electron chi connectivity index (χ0n) is 17.2. The second-order valence-corrected chi connectivity index (χ2v) is 9.16. The van der Waals surface area contributed by atoms with Gasteiger partial charge in [-0.15, -0.1) is 11.3 Å². The van der Waals surface area contributed by atoms with Gasteiger partial charge in [0.05, 0.1) is 6.54 Å². The first-order chi connectivity index (χ1) is 15.4. The van der Waals surface area contributed by atoms with Crippen LogP contribution in [0.25, 0.3) is 0 Å². The third-order valence-corrected chi connectivity index (χ3v) is 6.82. The summed E-state index contributed by atoms with van der Waals surface area (Å²) >= 11 is 7.69. The van der Waals surface area contributed by atoms with Crippen LogP contribution in [0.3, 0.4) is 0 Å². The van der Waals surface area contributed by atoms with Crippen LogP contribution in [0.15, 0.2) is 60.0 Å². The Morgan fingerprint density at radius 2 is 1.69 bits per heavy atom. The Labute approximate surface area is 195 Å². The first-order valence-electron chi connectivity index (χ1n) is 10.2. The van der Waals surface area contributed by atoms with Crippen LogP contribution in [0.2, 0.25) is 5.02 Å². The van der Waals surface area contributed by atoms with Crippen molar-refractivity contribution < 1.29 is 19.8 Å². The van der Waals surface area contributed by atoms with E-state index in [0.29, 0.717) is 24.5 Å². The number of carbonyl (C=O) groups is 2. The van der Waals surface area contributed by atoms with Crippen molar-refractivity contribution in [2.24, 2.45) is 0 Å². The largest absolute Gasteiger partial charge is 0.380 e. The molecule has 1 aliphatic rings. The summed E-state index contributed by atoms with van der Waals surface area (Å²) in [4.78, 5) is 27.2. The van der Waals surface area contributed by atoms with Crippen LogP contribution < -0.4 is 5.32 Å². The topological polar surface area (TPSA) is 89.9 Å². The summed E-state index contributed by atoms with van der Waals surface area (Å²) in [6, 6.07) is 17.2. The highest BCUT2D eigenvalue weighted by Gasteiger charge is 2.35. The van der Waals surface area contributed by atoms with Gasteiger partial charge in [0.1, 0.15) is 0 Å². The molecule has 3 aromatic rings. The summed E-state index contributed by atoms with van der Waals surface area (Å²) in [6.07, 6.45) is -2.98. The van der Waals surface area contributed by atoms with Gasteiger partial charge in [0.15, 0.2) is 12.2 Å². The van der Waals surface area contributed by atoms with Gasteiger partial charge >= 0.3 is 0 Å². The number of carbonyl (C=O) groups excluding carboxylic acids is 2. The van der Waals surface area contributed by atoms with E-state index in [4.69, 9.17) is 11.6 Å². The highest BCUT2D eigenvalue weighted by Crippen LogP contribution is 2.24. The number of hydrogen-bond acceptors (Lipinski definition) is 5. The molecule has 0 radical (unpaired) electrons. The Morgan fingerprint density at radius 1 is 1.03 bits per heavy atom. The molecule has 4 rings (SSSR count). The molecule has 2 aromatic carbocycles. The van der Waals surface area contributed by atoms with E-state index >= 15 is 0 Å². The van der Waals surface area contributed by atoms with Crippen molar-refractivity contribution in [2.45, 2.75) is 38.3 Å². The Bertz CT molecular complexity index is 1110. The van der Waals surface area contributed by atoms with Gasteiger partial charge in [0.25, 0.3) is 11.8 Å². The fourth-order valence-corrected chi connectivity index (χ4v) is 4.74. The summed E-state index contributed by atoms with van der Waals surface area (Å²) in [5.41, 5.74) is 4.08. The quantitative estimate of drug-likeness (QED) is 0.495. The van der Waals surface area contributed by atoms with Crippen LogP contribution >= 0.6 is 22.9 Å². The normalized spacial score (nSPS) is 14.7. The summed E-state index contributed by atoms with van der Waals surface area (Å²) in [7, 11) is 0. The molecule has 0 bridgehead atoms. The van der Waals surface area contributed by atoms with Crippen molar-refractivity contribution in [1.82, 2.24) is 10.2 Å². The molecule has 166 valence electrons. The summed E-state index contributed by atoms with van der Waals surface area (Å²) < 4.78 is 0. The third-order valence-electron chi connectivity index (χ3n) is 5.47. The van der Waals surface area contributed by atoms with Crippen LogP contribution in [0, 0.1) is 0 Å². The number of nitrogens with one attached hydrogen (secondary N) is 1. The van der Waals surface area contributed by atoms with E-state index in [1.807, 2.05) is 60.0 Å². The molecule has 0 saturated carbocycles. The molecule has 0 saturated heterocycles. The molecule has 0 fully saturated rings. The number of aliphatic hydroxyl groups is 2. The first kappa shape index (κ1) is 22.5. The second kappa shape index (κ2) is 9.83. The molecule has 1 aromatic heterocycles. The van der Waals surface area contributed by atoms with Gasteiger partial charge in [0.2, 0.25) is 0 Å². The lowest BCUT2D eigenvalue weighted by Crippen LogP contribution is -2.49. The summed E-state index contributed by atoms with van der Waals surface area (Å²) in [6.45, 7) is 0.896.